The summed E-state index contributed by atoms with van der Waals surface area (Å²) in [6.07, 6.45) is 7.42. The molecule has 0 unspecified atom stereocenters. The largest absolute Gasteiger partial charge is 0.444 e. The fourth-order valence-electron chi connectivity index (χ4n) is 6.38. The van der Waals surface area contributed by atoms with Crippen molar-refractivity contribution in [3.8, 4) is 0 Å². The van der Waals surface area contributed by atoms with Crippen molar-refractivity contribution in [3.63, 3.8) is 0 Å². The summed E-state index contributed by atoms with van der Waals surface area (Å²) < 4.78 is 5.61. The Labute approximate surface area is 245 Å². The first-order valence-electron chi connectivity index (χ1n) is 15.0. The van der Waals surface area contributed by atoms with Crippen molar-refractivity contribution in [2.24, 2.45) is 5.41 Å². The van der Waals surface area contributed by atoms with Crippen molar-refractivity contribution in [1.82, 2.24) is 19.9 Å². The molecular weight excluding hydrogens is 534 g/mol. The highest BCUT2D eigenvalue weighted by atomic mass is 16.6. The standard InChI is InChI=1S/C31H41N7O4/c1-30(2,3)42-29(41)38-17-11-31(20-38)9-15-37(16-10-31)26-18-24(27-23(35-26)6-12-32-28(27)40)34-25-5-4-21(19-33-25)36-13-7-22(39)8-14-36/h4-6,12,18-19,22,39H,7-11,13-17,20H2,1-3H3,(H,32,40)(H,33,34,35). The van der Waals surface area contributed by atoms with Crippen LogP contribution in [0.2, 0.25) is 0 Å². The molecule has 3 saturated heterocycles. The van der Waals surface area contributed by atoms with Crippen molar-refractivity contribution in [2.75, 3.05) is 54.4 Å². The number of amides is 1. The van der Waals surface area contributed by atoms with Crippen LogP contribution in [-0.4, -0.2) is 82.0 Å². The van der Waals surface area contributed by atoms with Gasteiger partial charge in [-0.2, -0.15) is 0 Å². The van der Waals surface area contributed by atoms with Crippen LogP contribution >= 0.6 is 0 Å². The molecule has 3 aromatic heterocycles. The van der Waals surface area contributed by atoms with Crippen LogP contribution in [0.3, 0.4) is 0 Å². The third-order valence-corrected chi connectivity index (χ3v) is 8.79. The number of anilines is 4. The third kappa shape index (κ3) is 6.01. The average Bonchev–Trinajstić information content (AvgIpc) is 3.37. The van der Waals surface area contributed by atoms with Crippen LogP contribution in [0.5, 0.6) is 0 Å². The van der Waals surface area contributed by atoms with E-state index in [1.807, 2.05) is 56.1 Å². The first-order valence-corrected chi connectivity index (χ1v) is 15.0. The molecule has 3 fully saturated rings. The number of pyridine rings is 3. The normalized spacial score (nSPS) is 19.5. The predicted octanol–water partition coefficient (Wildman–Crippen LogP) is 4.25. The molecule has 1 spiro atoms. The van der Waals surface area contributed by atoms with Gasteiger partial charge in [-0.05, 0) is 76.5 Å². The maximum absolute atomic E-state index is 12.9. The van der Waals surface area contributed by atoms with Crippen LogP contribution in [0.15, 0.2) is 41.5 Å². The van der Waals surface area contributed by atoms with Gasteiger partial charge in [-0.3, -0.25) is 4.79 Å². The van der Waals surface area contributed by atoms with Gasteiger partial charge in [0.1, 0.15) is 17.2 Å². The van der Waals surface area contributed by atoms with Crippen LogP contribution in [0.25, 0.3) is 10.9 Å². The van der Waals surface area contributed by atoms with Crippen molar-refractivity contribution < 1.29 is 14.6 Å². The SMILES string of the molecule is CC(C)(C)OC(=O)N1CCC2(CCN(c3cc(Nc4ccc(N5CCC(O)CC5)cn4)c4c(=O)[nH]ccc4n3)CC2)C1. The monoisotopic (exact) mass is 575 g/mol. The third-order valence-electron chi connectivity index (χ3n) is 8.79. The van der Waals surface area contributed by atoms with E-state index in [0.717, 1.165) is 82.9 Å². The van der Waals surface area contributed by atoms with Crippen LogP contribution < -0.4 is 20.7 Å². The fourth-order valence-corrected chi connectivity index (χ4v) is 6.38. The van der Waals surface area contributed by atoms with E-state index in [1.54, 1.807) is 6.20 Å². The average molecular weight is 576 g/mol. The molecule has 42 heavy (non-hydrogen) atoms. The minimum atomic E-state index is -0.499. The summed E-state index contributed by atoms with van der Waals surface area (Å²) in [5, 5.41) is 13.7. The van der Waals surface area contributed by atoms with E-state index in [1.165, 1.54) is 0 Å². The summed E-state index contributed by atoms with van der Waals surface area (Å²) in [6.45, 7) is 10.4. The Kier molecular flexibility index (Phi) is 7.46. The molecule has 6 rings (SSSR count). The maximum Gasteiger partial charge on any atom is 0.410 e. The lowest BCUT2D eigenvalue weighted by Gasteiger charge is -2.40. The molecule has 224 valence electrons. The molecule has 3 aliphatic rings. The Bertz CT molecular complexity index is 1480. The lowest BCUT2D eigenvalue weighted by Crippen LogP contribution is -2.43. The van der Waals surface area contributed by atoms with Gasteiger partial charge in [-0.15, -0.1) is 0 Å². The number of piperidine rings is 2. The Morgan fingerprint density at radius 3 is 2.50 bits per heavy atom. The van der Waals surface area contributed by atoms with Gasteiger partial charge in [0, 0.05) is 51.5 Å². The van der Waals surface area contributed by atoms with Crippen molar-refractivity contribution in [3.05, 3.63) is 47.0 Å². The summed E-state index contributed by atoms with van der Waals surface area (Å²) in [5.74, 6) is 1.46. The van der Waals surface area contributed by atoms with Gasteiger partial charge >= 0.3 is 6.09 Å². The van der Waals surface area contributed by atoms with E-state index in [2.05, 4.69) is 25.1 Å². The second kappa shape index (κ2) is 11.1. The molecule has 0 aliphatic carbocycles. The topological polar surface area (TPSA) is 127 Å². The van der Waals surface area contributed by atoms with Crippen LogP contribution in [0, 0.1) is 5.41 Å². The van der Waals surface area contributed by atoms with Gasteiger partial charge in [0.15, 0.2) is 0 Å². The Morgan fingerprint density at radius 1 is 1.07 bits per heavy atom. The molecule has 11 heteroatoms. The van der Waals surface area contributed by atoms with Gasteiger partial charge in [0.05, 0.1) is 34.6 Å². The number of carbonyl (C=O) groups excluding carboxylic acids is 1. The second-order valence-corrected chi connectivity index (χ2v) is 13.0. The zero-order chi connectivity index (χ0) is 29.5. The van der Waals surface area contributed by atoms with Crippen molar-refractivity contribution in [2.45, 2.75) is 64.6 Å². The molecular formula is C31H41N7O4. The van der Waals surface area contributed by atoms with Gasteiger partial charge in [0.25, 0.3) is 5.56 Å². The van der Waals surface area contributed by atoms with Crippen LogP contribution in [0.4, 0.5) is 27.8 Å². The van der Waals surface area contributed by atoms with Crippen LogP contribution in [-0.2, 0) is 4.74 Å². The lowest BCUT2D eigenvalue weighted by atomic mass is 9.78. The summed E-state index contributed by atoms with van der Waals surface area (Å²) >= 11 is 0. The van der Waals surface area contributed by atoms with E-state index in [4.69, 9.17) is 9.72 Å². The van der Waals surface area contributed by atoms with Crippen molar-refractivity contribution in [1.29, 1.82) is 0 Å². The van der Waals surface area contributed by atoms with E-state index in [0.29, 0.717) is 22.4 Å². The highest BCUT2D eigenvalue weighted by Crippen LogP contribution is 2.42. The molecule has 0 radical (unpaired) electrons. The molecule has 0 atom stereocenters. The number of nitrogens with one attached hydrogen (secondary N) is 2. The molecule has 0 saturated carbocycles. The number of aromatic nitrogens is 3. The summed E-state index contributed by atoms with van der Waals surface area (Å²) in [7, 11) is 0. The molecule has 11 nitrogen and oxygen atoms in total. The first kappa shape index (κ1) is 28.3. The number of hydrogen-bond acceptors (Lipinski definition) is 9. The number of ether oxygens (including phenoxy) is 1. The van der Waals surface area contributed by atoms with E-state index >= 15 is 0 Å². The molecule has 0 aromatic carbocycles. The number of carbonyl (C=O) groups is 1. The minimum absolute atomic E-state index is 0.0978. The van der Waals surface area contributed by atoms with E-state index in [-0.39, 0.29) is 23.2 Å². The van der Waals surface area contributed by atoms with Gasteiger partial charge in [-0.1, -0.05) is 0 Å². The Balaban J connectivity index is 1.17. The van der Waals surface area contributed by atoms with E-state index in [9.17, 15) is 14.7 Å². The number of aliphatic hydroxyl groups excluding tert-OH is 1. The number of H-pyrrole nitrogens is 1. The fraction of sp³-hybridized carbons (Fsp3) is 0.548. The van der Waals surface area contributed by atoms with Crippen LogP contribution in [0.1, 0.15) is 52.9 Å². The second-order valence-electron chi connectivity index (χ2n) is 13.0. The number of likely N-dealkylation sites (tertiary alicyclic amines) is 1. The molecule has 1 amide bonds. The van der Waals surface area contributed by atoms with Crippen molar-refractivity contribution >= 4 is 40.0 Å². The maximum atomic E-state index is 12.9. The number of nitrogens with zero attached hydrogens (tertiary/aromatic N) is 5. The van der Waals surface area contributed by atoms with Gasteiger partial charge < -0.3 is 34.8 Å². The van der Waals surface area contributed by atoms with Gasteiger partial charge in [-0.25, -0.2) is 14.8 Å². The quantitative estimate of drug-likeness (QED) is 0.418. The molecule has 0 bridgehead atoms. The predicted molar refractivity (Wildman–Crippen MR) is 164 cm³/mol. The summed E-state index contributed by atoms with van der Waals surface area (Å²) in [6, 6.07) is 7.71. The summed E-state index contributed by atoms with van der Waals surface area (Å²) in [5.41, 5.74) is 1.70. The molecule has 3 aliphatic heterocycles. The van der Waals surface area contributed by atoms with E-state index < -0.39 is 5.60 Å². The number of fused-ring (bicyclic) bond motifs is 1. The molecule has 3 N–H and O–H groups in total. The minimum Gasteiger partial charge on any atom is -0.444 e. The molecule has 3 aromatic rings. The zero-order valence-corrected chi connectivity index (χ0v) is 24.7. The number of hydrogen-bond donors (Lipinski definition) is 3. The number of aliphatic hydroxyl groups is 1. The first-order chi connectivity index (χ1) is 20.1. The Morgan fingerprint density at radius 2 is 1.81 bits per heavy atom. The zero-order valence-electron chi connectivity index (χ0n) is 24.7. The number of aromatic amines is 1. The highest BCUT2D eigenvalue weighted by Gasteiger charge is 2.43. The van der Waals surface area contributed by atoms with Gasteiger partial charge in [0.2, 0.25) is 0 Å². The lowest BCUT2D eigenvalue weighted by molar-refractivity contribution is 0.0266. The molecule has 6 heterocycles. The summed E-state index contributed by atoms with van der Waals surface area (Å²) in [4.78, 5) is 44.2. The Hall–Kier alpha value is -3.86. The highest BCUT2D eigenvalue weighted by molar-refractivity contribution is 5.93. The smallest absolute Gasteiger partial charge is 0.410 e. The number of rotatable bonds is 4.